The second kappa shape index (κ2) is 6.75. The Kier molecular flexibility index (Phi) is 4.75. The van der Waals surface area contributed by atoms with E-state index in [9.17, 15) is 0 Å². The predicted octanol–water partition coefficient (Wildman–Crippen LogP) is 1.88. The summed E-state index contributed by atoms with van der Waals surface area (Å²) in [6.45, 7) is 8.29. The van der Waals surface area contributed by atoms with E-state index >= 15 is 0 Å². The molecule has 0 bridgehead atoms. The van der Waals surface area contributed by atoms with Crippen molar-refractivity contribution in [2.24, 2.45) is 5.92 Å². The number of aromatic nitrogens is 3. The van der Waals surface area contributed by atoms with E-state index in [2.05, 4.69) is 37.0 Å². The van der Waals surface area contributed by atoms with E-state index in [0.717, 1.165) is 45.1 Å². The summed E-state index contributed by atoms with van der Waals surface area (Å²) in [5.41, 5.74) is 0. The monoisotopic (exact) mass is 310 g/mol. The van der Waals surface area contributed by atoms with Crippen molar-refractivity contribution < 1.29 is 0 Å². The Morgan fingerprint density at radius 3 is 2.57 bits per heavy atom. The average Bonchev–Trinajstić information content (AvgIpc) is 3.29. The van der Waals surface area contributed by atoms with Crippen molar-refractivity contribution in [3.63, 3.8) is 0 Å². The fraction of sp³-hybridized carbons (Fsp3) is 0.786. The first-order chi connectivity index (χ1) is 10.2. The number of nitrogens with one attached hydrogen (secondary N) is 1. The Morgan fingerprint density at radius 2 is 1.90 bits per heavy atom. The molecule has 1 aliphatic carbocycles. The van der Waals surface area contributed by atoms with Crippen LogP contribution in [0.4, 0.5) is 11.9 Å². The number of piperazine rings is 1. The molecule has 1 aliphatic heterocycles. The SMILES string of the molecule is CCCNc1nc(Cl)nc(N2CCN(CC3CC3)CC2)n1. The molecule has 1 saturated heterocycles. The highest BCUT2D eigenvalue weighted by atomic mass is 35.5. The lowest BCUT2D eigenvalue weighted by Crippen LogP contribution is -2.47. The van der Waals surface area contributed by atoms with Gasteiger partial charge in [0.25, 0.3) is 0 Å². The van der Waals surface area contributed by atoms with Crippen molar-refractivity contribution in [3.05, 3.63) is 5.28 Å². The normalized spacial score (nSPS) is 19.8. The Bertz CT molecular complexity index is 471. The molecule has 0 unspecified atom stereocenters. The number of rotatable bonds is 6. The third-order valence-corrected chi connectivity index (χ3v) is 4.17. The molecule has 0 radical (unpaired) electrons. The molecule has 1 saturated carbocycles. The zero-order chi connectivity index (χ0) is 14.7. The highest BCUT2D eigenvalue weighted by Crippen LogP contribution is 2.30. The molecule has 1 aromatic heterocycles. The smallest absolute Gasteiger partial charge is 0.231 e. The summed E-state index contributed by atoms with van der Waals surface area (Å²) in [6, 6.07) is 0. The van der Waals surface area contributed by atoms with Crippen LogP contribution in [0.5, 0.6) is 0 Å². The lowest BCUT2D eigenvalue weighted by atomic mass is 10.3. The van der Waals surface area contributed by atoms with Gasteiger partial charge in [-0.25, -0.2) is 0 Å². The van der Waals surface area contributed by atoms with Gasteiger partial charge in [-0.15, -0.1) is 0 Å². The molecule has 2 aliphatic rings. The van der Waals surface area contributed by atoms with Crippen LogP contribution in [-0.4, -0.2) is 59.1 Å². The summed E-state index contributed by atoms with van der Waals surface area (Å²) in [7, 11) is 0. The van der Waals surface area contributed by atoms with Crippen molar-refractivity contribution in [2.45, 2.75) is 26.2 Å². The van der Waals surface area contributed by atoms with E-state index in [1.165, 1.54) is 19.4 Å². The molecule has 21 heavy (non-hydrogen) atoms. The van der Waals surface area contributed by atoms with Crippen LogP contribution in [0.15, 0.2) is 0 Å². The Hall–Kier alpha value is -1.14. The first kappa shape index (κ1) is 14.8. The fourth-order valence-corrected chi connectivity index (χ4v) is 2.75. The molecule has 0 atom stereocenters. The van der Waals surface area contributed by atoms with Crippen molar-refractivity contribution >= 4 is 23.5 Å². The molecule has 7 heteroatoms. The quantitative estimate of drug-likeness (QED) is 0.866. The summed E-state index contributed by atoms with van der Waals surface area (Å²) in [4.78, 5) is 17.6. The van der Waals surface area contributed by atoms with Crippen LogP contribution in [0.2, 0.25) is 5.28 Å². The van der Waals surface area contributed by atoms with Gasteiger partial charge in [-0.1, -0.05) is 6.92 Å². The minimum atomic E-state index is 0.263. The predicted molar refractivity (Wildman–Crippen MR) is 85.0 cm³/mol. The summed E-state index contributed by atoms with van der Waals surface area (Å²) in [5.74, 6) is 2.22. The van der Waals surface area contributed by atoms with Gasteiger partial charge in [0.1, 0.15) is 0 Å². The van der Waals surface area contributed by atoms with E-state index in [4.69, 9.17) is 11.6 Å². The van der Waals surface area contributed by atoms with Crippen LogP contribution in [0, 0.1) is 5.92 Å². The highest BCUT2D eigenvalue weighted by molar-refractivity contribution is 6.28. The minimum absolute atomic E-state index is 0.263. The molecular formula is C14H23ClN6. The largest absolute Gasteiger partial charge is 0.354 e. The minimum Gasteiger partial charge on any atom is -0.354 e. The standard InChI is InChI=1S/C14H23ClN6/c1-2-5-16-13-17-12(15)18-14(19-13)21-8-6-20(7-9-21)10-11-3-4-11/h11H,2-10H2,1H3,(H,16,17,18,19). The Labute approximate surface area is 130 Å². The van der Waals surface area contributed by atoms with Crippen LogP contribution in [-0.2, 0) is 0 Å². The lowest BCUT2D eigenvalue weighted by molar-refractivity contribution is 0.247. The van der Waals surface area contributed by atoms with Crippen molar-refractivity contribution in [2.75, 3.05) is 49.5 Å². The topological polar surface area (TPSA) is 57.2 Å². The second-order valence-electron chi connectivity index (χ2n) is 5.89. The molecule has 116 valence electrons. The molecule has 0 spiro atoms. The first-order valence-electron chi connectivity index (χ1n) is 7.87. The van der Waals surface area contributed by atoms with Gasteiger partial charge in [0.05, 0.1) is 0 Å². The number of nitrogens with zero attached hydrogens (tertiary/aromatic N) is 5. The molecule has 0 amide bonds. The van der Waals surface area contributed by atoms with Crippen LogP contribution >= 0.6 is 11.6 Å². The number of anilines is 2. The van der Waals surface area contributed by atoms with Gasteiger partial charge in [0.2, 0.25) is 17.2 Å². The van der Waals surface area contributed by atoms with Gasteiger partial charge in [-0.2, -0.15) is 15.0 Å². The molecule has 2 fully saturated rings. The zero-order valence-electron chi connectivity index (χ0n) is 12.6. The molecule has 3 rings (SSSR count). The van der Waals surface area contributed by atoms with Gasteiger partial charge in [0.15, 0.2) is 0 Å². The van der Waals surface area contributed by atoms with Crippen molar-refractivity contribution in [3.8, 4) is 0 Å². The second-order valence-corrected chi connectivity index (χ2v) is 6.22. The van der Waals surface area contributed by atoms with Gasteiger partial charge < -0.3 is 10.2 Å². The Morgan fingerprint density at radius 1 is 1.14 bits per heavy atom. The van der Waals surface area contributed by atoms with Gasteiger partial charge in [0, 0.05) is 39.3 Å². The summed E-state index contributed by atoms with van der Waals surface area (Å²) in [6.07, 6.45) is 3.85. The van der Waals surface area contributed by atoms with E-state index in [1.54, 1.807) is 0 Å². The number of hydrogen-bond acceptors (Lipinski definition) is 6. The van der Waals surface area contributed by atoms with Crippen LogP contribution in [0.25, 0.3) is 0 Å². The summed E-state index contributed by atoms with van der Waals surface area (Å²) >= 11 is 6.01. The number of halogens is 1. The van der Waals surface area contributed by atoms with Crippen LogP contribution in [0.3, 0.4) is 0 Å². The maximum absolute atomic E-state index is 6.01. The fourth-order valence-electron chi connectivity index (χ4n) is 2.59. The van der Waals surface area contributed by atoms with Crippen molar-refractivity contribution in [1.82, 2.24) is 19.9 Å². The third-order valence-electron chi connectivity index (χ3n) is 4.00. The molecule has 1 aromatic rings. The summed E-state index contributed by atoms with van der Waals surface area (Å²) < 4.78 is 0. The molecule has 6 nitrogen and oxygen atoms in total. The third kappa shape index (κ3) is 4.17. The van der Waals surface area contributed by atoms with Crippen molar-refractivity contribution in [1.29, 1.82) is 0 Å². The Balaban J connectivity index is 1.59. The molecule has 2 heterocycles. The van der Waals surface area contributed by atoms with Gasteiger partial charge >= 0.3 is 0 Å². The summed E-state index contributed by atoms with van der Waals surface area (Å²) in [5, 5.41) is 3.44. The maximum atomic E-state index is 6.01. The first-order valence-corrected chi connectivity index (χ1v) is 8.25. The van der Waals surface area contributed by atoms with Crippen LogP contribution < -0.4 is 10.2 Å². The lowest BCUT2D eigenvalue weighted by Gasteiger charge is -2.34. The number of hydrogen-bond donors (Lipinski definition) is 1. The van der Waals surface area contributed by atoms with E-state index < -0.39 is 0 Å². The molecule has 0 aromatic carbocycles. The van der Waals surface area contributed by atoms with Gasteiger partial charge in [-0.05, 0) is 36.8 Å². The maximum Gasteiger partial charge on any atom is 0.231 e. The average molecular weight is 311 g/mol. The molecule has 1 N–H and O–H groups in total. The van der Waals surface area contributed by atoms with E-state index in [0.29, 0.717) is 11.9 Å². The van der Waals surface area contributed by atoms with Gasteiger partial charge in [-0.3, -0.25) is 4.90 Å². The van der Waals surface area contributed by atoms with E-state index in [-0.39, 0.29) is 5.28 Å². The van der Waals surface area contributed by atoms with E-state index in [1.807, 2.05) is 0 Å². The molecular weight excluding hydrogens is 288 g/mol. The highest BCUT2D eigenvalue weighted by Gasteiger charge is 2.27. The van der Waals surface area contributed by atoms with Crippen LogP contribution in [0.1, 0.15) is 26.2 Å². The zero-order valence-corrected chi connectivity index (χ0v) is 13.3.